The van der Waals surface area contributed by atoms with Gasteiger partial charge in [0.2, 0.25) is 18.2 Å². The predicted molar refractivity (Wildman–Crippen MR) is 75.1 cm³/mol. The van der Waals surface area contributed by atoms with E-state index >= 15 is 0 Å². The molecule has 0 spiro atoms. The molecule has 0 aromatic heterocycles. The quantitative estimate of drug-likeness (QED) is 0.236. The number of isocyanates is 3. The van der Waals surface area contributed by atoms with Crippen LogP contribution in [0.25, 0.3) is 0 Å². The molecular weight excluding hydrogens is 282 g/mol. The van der Waals surface area contributed by atoms with E-state index in [1.165, 1.54) is 0 Å². The molecule has 0 aliphatic heterocycles. The molecule has 0 aromatic rings. The number of nitrogens with two attached hydrogens (primary N) is 2. The van der Waals surface area contributed by atoms with Crippen molar-refractivity contribution in [3.63, 3.8) is 0 Å². The Bertz CT molecular complexity index is 276. The zero-order valence-electron chi connectivity index (χ0n) is 12.1. The molecule has 0 heterocycles. The maximum atomic E-state index is 10.1. The van der Waals surface area contributed by atoms with Crippen molar-refractivity contribution in [1.29, 1.82) is 16.2 Å². The normalized spacial score (nSPS) is 7.62. The predicted octanol–water partition coefficient (Wildman–Crippen LogP) is 0.256. The Kier molecular flexibility index (Phi) is 64.0. The van der Waals surface area contributed by atoms with Gasteiger partial charge in [-0.2, -0.15) is 0 Å². The number of carbonyl (C=O) groups is 1. The molecule has 0 fully saturated rings. The molecule has 0 amide bonds. The Balaban J connectivity index is -0.0000000642. The first-order valence-corrected chi connectivity index (χ1v) is 5.73. The molecule has 10 heteroatoms. The lowest BCUT2D eigenvalue weighted by atomic mass is 10.1. The van der Waals surface area contributed by atoms with Crippen LogP contribution in [0, 0.1) is 16.2 Å². The van der Waals surface area contributed by atoms with Crippen LogP contribution in [0.3, 0.4) is 0 Å². The number of rotatable bonds is 5. The van der Waals surface area contributed by atoms with Crippen molar-refractivity contribution in [1.82, 2.24) is 0 Å². The average Bonchev–Trinajstić information content (AvgIpc) is 2.43. The van der Waals surface area contributed by atoms with Crippen LogP contribution in [0.4, 0.5) is 0 Å². The fraction of sp³-hybridized carbons (Fsp3) is 0.636. The van der Waals surface area contributed by atoms with Crippen molar-refractivity contribution in [3.05, 3.63) is 0 Å². The highest BCUT2D eigenvalue weighted by Gasteiger charge is 2.09. The van der Waals surface area contributed by atoms with E-state index in [9.17, 15) is 4.79 Å². The van der Waals surface area contributed by atoms with Gasteiger partial charge in [-0.15, -0.1) is 0 Å². The van der Waals surface area contributed by atoms with Crippen molar-refractivity contribution in [2.45, 2.75) is 39.2 Å². The van der Waals surface area contributed by atoms with E-state index in [4.69, 9.17) is 47.2 Å². The van der Waals surface area contributed by atoms with E-state index in [0.717, 1.165) is 31.1 Å². The molecule has 21 heavy (non-hydrogen) atoms. The summed E-state index contributed by atoms with van der Waals surface area (Å²) in [5.41, 5.74) is 10.4. The molecule has 0 bridgehead atoms. The van der Waals surface area contributed by atoms with Crippen LogP contribution in [-0.2, 0) is 19.2 Å². The number of unbranched alkanes of at least 4 members (excludes halogenated alkanes) is 1. The second-order valence-corrected chi connectivity index (χ2v) is 2.54. The smallest absolute Gasteiger partial charge is 0.320 e. The lowest BCUT2D eigenvalue weighted by molar-refractivity contribution is -0.138. The fourth-order valence-electron chi connectivity index (χ4n) is 0.632. The molecule has 0 saturated heterocycles. The minimum absolute atomic E-state index is 0.520. The molecule has 0 aromatic carbocycles. The summed E-state index contributed by atoms with van der Waals surface area (Å²) in [6, 6.07) is -0.716. The summed E-state index contributed by atoms with van der Waals surface area (Å²) in [6.45, 7) is 4.60. The van der Waals surface area contributed by atoms with E-state index in [1.807, 2.05) is 13.8 Å². The summed E-state index contributed by atoms with van der Waals surface area (Å²) >= 11 is 0. The molecule has 8 N–H and O–H groups in total. The van der Waals surface area contributed by atoms with Gasteiger partial charge in [-0.25, -0.2) is 30.6 Å². The molecule has 0 aliphatic rings. The van der Waals surface area contributed by atoms with Crippen molar-refractivity contribution in [2.75, 3.05) is 6.54 Å². The average molecular weight is 305 g/mol. The van der Waals surface area contributed by atoms with E-state index in [0.29, 0.717) is 13.0 Å². The van der Waals surface area contributed by atoms with Gasteiger partial charge in [-0.1, -0.05) is 20.3 Å². The first-order chi connectivity index (χ1) is 9.92. The van der Waals surface area contributed by atoms with Crippen molar-refractivity contribution >= 4 is 24.2 Å². The molecule has 0 rings (SSSR count). The van der Waals surface area contributed by atoms with Crippen molar-refractivity contribution < 1.29 is 24.3 Å². The van der Waals surface area contributed by atoms with Crippen LogP contribution < -0.4 is 11.5 Å². The Labute approximate surface area is 123 Å². The summed E-state index contributed by atoms with van der Waals surface area (Å²) in [4.78, 5) is 35.2. The number of carboxylic acids is 1. The Hall–Kier alpha value is -2.47. The molecule has 0 radical (unpaired) electrons. The number of carbonyl (C=O) groups excluding carboxylic acids is 3. The molecule has 10 nitrogen and oxygen atoms in total. The van der Waals surface area contributed by atoms with Gasteiger partial charge in [0.1, 0.15) is 6.04 Å². The second kappa shape index (κ2) is 43.2. The van der Waals surface area contributed by atoms with E-state index in [1.54, 1.807) is 0 Å². The van der Waals surface area contributed by atoms with Gasteiger partial charge >= 0.3 is 5.97 Å². The first kappa shape index (κ1) is 31.1. The number of hydrogen-bond acceptors (Lipinski definition) is 9. The van der Waals surface area contributed by atoms with Gasteiger partial charge in [0.05, 0.1) is 0 Å². The largest absolute Gasteiger partial charge is 0.480 e. The third-order valence-electron chi connectivity index (χ3n) is 1.29. The third kappa shape index (κ3) is 99.2. The molecule has 0 aliphatic carbocycles. The maximum absolute atomic E-state index is 10.1. The number of nitrogens with one attached hydrogen (secondary N) is 3. The highest BCUT2D eigenvalue weighted by Crippen LogP contribution is 1.96. The van der Waals surface area contributed by atoms with Crippen molar-refractivity contribution in [3.8, 4) is 0 Å². The van der Waals surface area contributed by atoms with E-state index < -0.39 is 12.0 Å². The summed E-state index contributed by atoms with van der Waals surface area (Å²) in [5.74, 6) is -0.933. The third-order valence-corrected chi connectivity index (χ3v) is 1.29. The Morgan fingerprint density at radius 1 is 1.05 bits per heavy atom. The standard InChI is InChI=1S/C6H14N2O2.C2H6.3CHNO/c7-4-2-1-3-5(8)6(9)10;1-2;3*2-1-3/h5H,1-4,7-8H2,(H,9,10);1-2H3;3*2H. The Morgan fingerprint density at radius 2 is 1.33 bits per heavy atom. The van der Waals surface area contributed by atoms with E-state index in [2.05, 4.69) is 0 Å². The number of hydrogen-bond donors (Lipinski definition) is 6. The van der Waals surface area contributed by atoms with Gasteiger partial charge in [-0.05, 0) is 19.4 Å². The molecular formula is C11H23N5O5. The minimum Gasteiger partial charge on any atom is -0.480 e. The molecule has 1 unspecified atom stereocenters. The van der Waals surface area contributed by atoms with E-state index in [-0.39, 0.29) is 0 Å². The maximum Gasteiger partial charge on any atom is 0.320 e. The number of carboxylic acid groups (broad SMARTS) is 1. The van der Waals surface area contributed by atoms with Crippen LogP contribution >= 0.6 is 0 Å². The minimum atomic E-state index is -0.933. The van der Waals surface area contributed by atoms with Crippen molar-refractivity contribution in [2.24, 2.45) is 11.5 Å². The van der Waals surface area contributed by atoms with Gasteiger partial charge in [0.25, 0.3) is 0 Å². The van der Waals surface area contributed by atoms with Gasteiger partial charge < -0.3 is 16.6 Å². The topological polar surface area (TPSA) is 212 Å². The highest BCUT2D eigenvalue weighted by molar-refractivity contribution is 5.72. The van der Waals surface area contributed by atoms with Crippen LogP contribution in [0.15, 0.2) is 0 Å². The van der Waals surface area contributed by atoms with Gasteiger partial charge in [0.15, 0.2) is 0 Å². The van der Waals surface area contributed by atoms with Crippen LogP contribution in [0.2, 0.25) is 0 Å². The lowest BCUT2D eigenvalue weighted by Gasteiger charge is -2.03. The van der Waals surface area contributed by atoms with Gasteiger partial charge in [0, 0.05) is 0 Å². The summed E-state index contributed by atoms with van der Waals surface area (Å²) in [6.07, 6.45) is 4.41. The molecule has 0 saturated carbocycles. The summed E-state index contributed by atoms with van der Waals surface area (Å²) in [5, 5.41) is 24.5. The van der Waals surface area contributed by atoms with Crippen LogP contribution in [0.5, 0.6) is 0 Å². The number of aliphatic carboxylic acids is 1. The fourth-order valence-corrected chi connectivity index (χ4v) is 0.632. The zero-order chi connectivity index (χ0) is 18.1. The first-order valence-electron chi connectivity index (χ1n) is 5.73. The molecule has 122 valence electrons. The molecule has 1 atom stereocenters. The SMILES string of the molecule is CC.N=C=O.N=C=O.N=C=O.NCCCCC(N)C(=O)O. The van der Waals surface area contributed by atoms with Gasteiger partial charge in [-0.3, -0.25) is 4.79 Å². The summed E-state index contributed by atoms with van der Waals surface area (Å²) < 4.78 is 0. The zero-order valence-corrected chi connectivity index (χ0v) is 12.1. The lowest BCUT2D eigenvalue weighted by Crippen LogP contribution is -2.29. The monoisotopic (exact) mass is 305 g/mol. The van der Waals surface area contributed by atoms with Crippen LogP contribution in [-0.4, -0.2) is 41.9 Å². The Morgan fingerprint density at radius 3 is 1.52 bits per heavy atom. The summed E-state index contributed by atoms with van der Waals surface area (Å²) in [7, 11) is 0. The van der Waals surface area contributed by atoms with Crippen LogP contribution in [0.1, 0.15) is 33.1 Å². The second-order valence-electron chi connectivity index (χ2n) is 2.54. The highest BCUT2D eigenvalue weighted by atomic mass is 16.4.